The van der Waals surface area contributed by atoms with Crippen LogP contribution in [0.1, 0.15) is 5.56 Å². The fourth-order valence-corrected chi connectivity index (χ4v) is 1.76. The first-order chi connectivity index (χ1) is 6.59. The zero-order valence-electron chi connectivity index (χ0n) is 7.49. The van der Waals surface area contributed by atoms with E-state index in [0.29, 0.717) is 23.7 Å². The Kier molecular flexibility index (Phi) is 2.45. The highest BCUT2D eigenvalue weighted by Gasteiger charge is 2.37. The van der Waals surface area contributed by atoms with Crippen LogP contribution in [0, 0.1) is 5.82 Å². The Balaban J connectivity index is 2.16. The third-order valence-corrected chi connectivity index (χ3v) is 2.76. The van der Waals surface area contributed by atoms with Gasteiger partial charge in [-0.3, -0.25) is 0 Å². The SMILES string of the molecule is Fc1ccc(CC2(F)CNC2)c(Cl)c1. The Morgan fingerprint density at radius 3 is 2.64 bits per heavy atom. The summed E-state index contributed by atoms with van der Waals surface area (Å²) in [6.45, 7) is 0.696. The van der Waals surface area contributed by atoms with Crippen molar-refractivity contribution in [3.63, 3.8) is 0 Å². The first-order valence-corrected chi connectivity index (χ1v) is 4.80. The Morgan fingerprint density at radius 1 is 1.43 bits per heavy atom. The van der Waals surface area contributed by atoms with Crippen molar-refractivity contribution in [3.8, 4) is 0 Å². The van der Waals surface area contributed by atoms with Gasteiger partial charge in [0.05, 0.1) is 0 Å². The third-order valence-electron chi connectivity index (χ3n) is 2.41. The smallest absolute Gasteiger partial charge is 0.139 e. The maximum atomic E-state index is 13.7. The summed E-state index contributed by atoms with van der Waals surface area (Å²) < 4.78 is 26.3. The number of rotatable bonds is 2. The van der Waals surface area contributed by atoms with Gasteiger partial charge in [0.15, 0.2) is 0 Å². The van der Waals surface area contributed by atoms with Crippen molar-refractivity contribution in [1.82, 2.24) is 5.32 Å². The van der Waals surface area contributed by atoms with Gasteiger partial charge >= 0.3 is 0 Å². The van der Waals surface area contributed by atoms with E-state index in [9.17, 15) is 8.78 Å². The van der Waals surface area contributed by atoms with Crippen molar-refractivity contribution in [2.75, 3.05) is 13.1 Å². The molecule has 0 spiro atoms. The first kappa shape index (κ1) is 9.87. The van der Waals surface area contributed by atoms with Crippen LogP contribution in [0.3, 0.4) is 0 Å². The van der Waals surface area contributed by atoms with Gasteiger partial charge in [0, 0.05) is 24.5 Å². The van der Waals surface area contributed by atoms with Gasteiger partial charge in [0.2, 0.25) is 0 Å². The molecule has 1 nitrogen and oxygen atoms in total. The Labute approximate surface area is 86.1 Å². The van der Waals surface area contributed by atoms with Crippen LogP contribution in [-0.4, -0.2) is 18.8 Å². The van der Waals surface area contributed by atoms with Crippen molar-refractivity contribution in [1.29, 1.82) is 0 Å². The summed E-state index contributed by atoms with van der Waals surface area (Å²) in [4.78, 5) is 0. The van der Waals surface area contributed by atoms with E-state index in [2.05, 4.69) is 5.32 Å². The van der Waals surface area contributed by atoms with Crippen molar-refractivity contribution >= 4 is 11.6 Å². The molecule has 0 unspecified atom stereocenters. The monoisotopic (exact) mass is 217 g/mol. The summed E-state index contributed by atoms with van der Waals surface area (Å²) in [6, 6.07) is 4.06. The molecule has 1 aromatic carbocycles. The number of halogens is 3. The van der Waals surface area contributed by atoms with Crippen LogP contribution in [0.2, 0.25) is 5.02 Å². The number of hydrogen-bond donors (Lipinski definition) is 1. The fourth-order valence-electron chi connectivity index (χ4n) is 1.53. The quantitative estimate of drug-likeness (QED) is 0.802. The fraction of sp³-hybridized carbons (Fsp3) is 0.400. The lowest BCUT2D eigenvalue weighted by Gasteiger charge is -2.35. The minimum absolute atomic E-state index is 0.249. The second kappa shape index (κ2) is 3.48. The molecule has 0 radical (unpaired) electrons. The van der Waals surface area contributed by atoms with E-state index in [1.165, 1.54) is 18.2 Å². The van der Waals surface area contributed by atoms with Crippen LogP contribution in [-0.2, 0) is 6.42 Å². The summed E-state index contributed by atoms with van der Waals surface area (Å²) in [5.41, 5.74) is -0.543. The lowest BCUT2D eigenvalue weighted by molar-refractivity contribution is 0.0912. The summed E-state index contributed by atoms with van der Waals surface area (Å²) in [7, 11) is 0. The van der Waals surface area contributed by atoms with Gasteiger partial charge in [-0.15, -0.1) is 0 Å². The molecular formula is C10H10ClF2N. The molecule has 1 saturated heterocycles. The van der Waals surface area contributed by atoms with E-state index >= 15 is 0 Å². The van der Waals surface area contributed by atoms with E-state index in [4.69, 9.17) is 11.6 Å². The topological polar surface area (TPSA) is 12.0 Å². The van der Waals surface area contributed by atoms with E-state index in [0.717, 1.165) is 0 Å². The Hall–Kier alpha value is -0.670. The highest BCUT2D eigenvalue weighted by atomic mass is 35.5. The molecule has 2 rings (SSSR count). The largest absolute Gasteiger partial charge is 0.310 e. The predicted molar refractivity (Wildman–Crippen MR) is 51.8 cm³/mol. The third kappa shape index (κ3) is 1.88. The predicted octanol–water partition coefficient (Wildman–Crippen LogP) is 2.33. The highest BCUT2D eigenvalue weighted by Crippen LogP contribution is 2.27. The molecule has 0 bridgehead atoms. The van der Waals surface area contributed by atoms with Crippen molar-refractivity contribution in [2.45, 2.75) is 12.1 Å². The summed E-state index contributed by atoms with van der Waals surface area (Å²) in [5, 5.41) is 3.16. The number of nitrogens with one attached hydrogen (secondary N) is 1. The standard InChI is InChI=1S/C10H10ClF2N/c11-9-3-8(12)2-1-7(9)4-10(13)5-14-6-10/h1-3,14H,4-6H2. The zero-order valence-corrected chi connectivity index (χ0v) is 8.24. The molecule has 0 amide bonds. The first-order valence-electron chi connectivity index (χ1n) is 4.43. The molecule has 14 heavy (non-hydrogen) atoms. The molecule has 4 heteroatoms. The van der Waals surface area contributed by atoms with Crippen molar-refractivity contribution in [3.05, 3.63) is 34.6 Å². The summed E-state index contributed by atoms with van der Waals surface area (Å²) in [5.74, 6) is -0.390. The molecule has 0 aromatic heterocycles. The van der Waals surface area contributed by atoms with Crippen LogP contribution in [0.5, 0.6) is 0 Å². The molecular weight excluding hydrogens is 208 g/mol. The summed E-state index contributed by atoms with van der Waals surface area (Å²) >= 11 is 5.79. The van der Waals surface area contributed by atoms with Gasteiger partial charge in [-0.1, -0.05) is 17.7 Å². The number of hydrogen-bond acceptors (Lipinski definition) is 1. The molecule has 1 N–H and O–H groups in total. The van der Waals surface area contributed by atoms with E-state index in [-0.39, 0.29) is 6.42 Å². The van der Waals surface area contributed by atoms with Gasteiger partial charge in [0.1, 0.15) is 11.5 Å². The van der Waals surface area contributed by atoms with Crippen LogP contribution in [0.15, 0.2) is 18.2 Å². The molecule has 1 aliphatic heterocycles. The second-order valence-corrected chi connectivity index (χ2v) is 4.07. The average Bonchev–Trinajstić information content (AvgIpc) is 2.07. The van der Waals surface area contributed by atoms with Gasteiger partial charge in [-0.25, -0.2) is 8.78 Å². The van der Waals surface area contributed by atoms with Crippen molar-refractivity contribution in [2.24, 2.45) is 0 Å². The van der Waals surface area contributed by atoms with Gasteiger partial charge in [-0.2, -0.15) is 0 Å². The molecule has 1 heterocycles. The summed E-state index contributed by atoms with van der Waals surface area (Å²) in [6.07, 6.45) is 0.249. The van der Waals surface area contributed by atoms with Crippen LogP contribution >= 0.6 is 11.6 Å². The maximum Gasteiger partial charge on any atom is 0.139 e. The number of alkyl halides is 1. The molecule has 1 aliphatic rings. The number of benzene rings is 1. The van der Waals surface area contributed by atoms with Crippen LogP contribution in [0.4, 0.5) is 8.78 Å². The van der Waals surface area contributed by atoms with Crippen molar-refractivity contribution < 1.29 is 8.78 Å². The van der Waals surface area contributed by atoms with Gasteiger partial charge in [0.25, 0.3) is 0 Å². The minimum Gasteiger partial charge on any atom is -0.310 e. The van der Waals surface area contributed by atoms with Crippen LogP contribution in [0.25, 0.3) is 0 Å². The molecule has 0 atom stereocenters. The zero-order chi connectivity index (χ0) is 10.2. The Bertz CT molecular complexity index is 350. The molecule has 76 valence electrons. The molecule has 0 aliphatic carbocycles. The van der Waals surface area contributed by atoms with E-state index in [1.54, 1.807) is 0 Å². The Morgan fingerprint density at radius 2 is 2.14 bits per heavy atom. The van der Waals surface area contributed by atoms with Crippen LogP contribution < -0.4 is 5.32 Å². The van der Waals surface area contributed by atoms with Gasteiger partial charge < -0.3 is 5.32 Å². The normalized spacial score (nSPS) is 19.1. The average molecular weight is 218 g/mol. The molecule has 1 aromatic rings. The molecule has 1 fully saturated rings. The maximum absolute atomic E-state index is 13.7. The highest BCUT2D eigenvalue weighted by molar-refractivity contribution is 6.31. The minimum atomic E-state index is -1.21. The molecule has 0 saturated carbocycles. The van der Waals surface area contributed by atoms with Gasteiger partial charge in [-0.05, 0) is 17.7 Å². The lowest BCUT2D eigenvalue weighted by Crippen LogP contribution is -2.57. The van der Waals surface area contributed by atoms with E-state index in [1.807, 2.05) is 0 Å². The second-order valence-electron chi connectivity index (χ2n) is 3.67. The van der Waals surface area contributed by atoms with E-state index < -0.39 is 11.5 Å². The lowest BCUT2D eigenvalue weighted by atomic mass is 9.91.